The first-order chi connectivity index (χ1) is 17.6. The fourth-order valence-corrected chi connectivity index (χ4v) is 4.54. The van der Waals surface area contributed by atoms with Gasteiger partial charge in [-0.25, -0.2) is 14.2 Å². The van der Waals surface area contributed by atoms with Crippen molar-refractivity contribution < 1.29 is 28.9 Å². The number of ether oxygens (including phenoxy) is 1. The molecular formula is C23H20FN5O7S. The number of aromatic nitrogens is 2. The van der Waals surface area contributed by atoms with Gasteiger partial charge >= 0.3 is 5.69 Å². The van der Waals surface area contributed by atoms with E-state index in [-0.39, 0.29) is 34.2 Å². The molecule has 2 amide bonds. The van der Waals surface area contributed by atoms with Crippen LogP contribution in [0.2, 0.25) is 0 Å². The second-order valence-electron chi connectivity index (χ2n) is 7.79. The van der Waals surface area contributed by atoms with Gasteiger partial charge in [0.25, 0.3) is 5.56 Å². The fourth-order valence-electron chi connectivity index (χ4n) is 3.54. The van der Waals surface area contributed by atoms with Crippen molar-refractivity contribution in [2.75, 3.05) is 12.4 Å². The van der Waals surface area contributed by atoms with Gasteiger partial charge in [0.05, 0.1) is 7.11 Å². The van der Waals surface area contributed by atoms with Gasteiger partial charge in [-0.15, -0.1) is 0 Å². The number of methoxy groups -OCH3 is 1. The Balaban J connectivity index is 1.63. The van der Waals surface area contributed by atoms with Crippen LogP contribution in [0, 0.1) is 5.82 Å². The normalized spacial score (nSPS) is 16.9. The first-order valence-electron chi connectivity index (χ1n) is 10.7. The van der Waals surface area contributed by atoms with Crippen molar-refractivity contribution in [3.05, 3.63) is 80.2 Å². The molecule has 1 aliphatic heterocycles. The zero-order chi connectivity index (χ0) is 26.7. The van der Waals surface area contributed by atoms with E-state index in [1.165, 1.54) is 49.6 Å². The average molecular weight is 530 g/mol. The largest absolute Gasteiger partial charge is 0.504 e. The number of benzene rings is 2. The predicted molar refractivity (Wildman–Crippen MR) is 132 cm³/mol. The number of carbonyl (C=O) groups excluding carboxylic acids is 2. The van der Waals surface area contributed by atoms with E-state index < -0.39 is 46.1 Å². The van der Waals surface area contributed by atoms with E-state index >= 15 is 0 Å². The van der Waals surface area contributed by atoms with Crippen LogP contribution in [0.3, 0.4) is 0 Å². The van der Waals surface area contributed by atoms with E-state index in [2.05, 4.69) is 20.6 Å². The molecule has 1 aliphatic rings. The van der Waals surface area contributed by atoms with Crippen LogP contribution in [-0.4, -0.2) is 49.5 Å². The summed E-state index contributed by atoms with van der Waals surface area (Å²) in [6.07, 6.45) is -0.227. The van der Waals surface area contributed by atoms with E-state index in [0.29, 0.717) is 5.69 Å². The molecule has 2 atom stereocenters. The van der Waals surface area contributed by atoms with Gasteiger partial charge in [-0.05, 0) is 42.0 Å². The smallest absolute Gasteiger partial charge is 0.328 e. The minimum absolute atomic E-state index is 0.0478. The number of hydrogen-bond acceptors (Lipinski definition) is 9. The maximum absolute atomic E-state index is 13.1. The highest BCUT2D eigenvalue weighted by atomic mass is 32.2. The number of aromatic amines is 2. The van der Waals surface area contributed by atoms with E-state index in [9.17, 15) is 33.8 Å². The molecule has 0 bridgehead atoms. The van der Waals surface area contributed by atoms with Gasteiger partial charge < -0.3 is 25.6 Å². The van der Waals surface area contributed by atoms with Gasteiger partial charge in [-0.3, -0.25) is 24.4 Å². The van der Waals surface area contributed by atoms with Crippen molar-refractivity contribution in [1.29, 1.82) is 0 Å². The van der Waals surface area contributed by atoms with Gasteiger partial charge in [0.15, 0.2) is 16.7 Å². The number of nitrogens with zero attached hydrogens (tertiary/aromatic N) is 1. The topological polar surface area (TPSA) is 186 Å². The van der Waals surface area contributed by atoms with E-state index in [0.717, 1.165) is 11.8 Å². The van der Waals surface area contributed by atoms with Crippen LogP contribution in [0.25, 0.3) is 0 Å². The number of H-pyrrole nitrogens is 2. The highest BCUT2D eigenvalue weighted by Crippen LogP contribution is 2.36. The monoisotopic (exact) mass is 529 g/mol. The summed E-state index contributed by atoms with van der Waals surface area (Å²) in [5.41, 5.74) is -1.55. The molecular weight excluding hydrogens is 509 g/mol. The molecule has 0 unspecified atom stereocenters. The van der Waals surface area contributed by atoms with Crippen LogP contribution in [0.1, 0.15) is 23.6 Å². The molecule has 6 N–H and O–H groups in total. The molecule has 14 heteroatoms. The molecule has 1 saturated heterocycles. The number of phenols is 1. The minimum atomic E-state index is -1.25. The van der Waals surface area contributed by atoms with Crippen molar-refractivity contribution in [2.24, 2.45) is 4.99 Å². The fraction of sp³-hybridized carbons (Fsp3) is 0.174. The van der Waals surface area contributed by atoms with Gasteiger partial charge in [-0.2, -0.15) is 0 Å². The zero-order valence-corrected chi connectivity index (χ0v) is 19.9. The molecule has 0 spiro atoms. The van der Waals surface area contributed by atoms with Crippen molar-refractivity contribution in [3.8, 4) is 17.4 Å². The third-order valence-electron chi connectivity index (χ3n) is 5.27. The molecule has 1 fully saturated rings. The van der Waals surface area contributed by atoms with Crippen molar-refractivity contribution in [3.63, 3.8) is 0 Å². The van der Waals surface area contributed by atoms with Gasteiger partial charge in [-0.1, -0.05) is 17.8 Å². The minimum Gasteiger partial charge on any atom is -0.504 e. The maximum Gasteiger partial charge on any atom is 0.328 e. The summed E-state index contributed by atoms with van der Waals surface area (Å²) in [6, 6.07) is 7.98. The summed E-state index contributed by atoms with van der Waals surface area (Å²) < 4.78 is 18.2. The Morgan fingerprint density at radius 3 is 2.57 bits per heavy atom. The molecule has 3 aromatic rings. The maximum atomic E-state index is 13.1. The Morgan fingerprint density at radius 1 is 1.16 bits per heavy atom. The lowest BCUT2D eigenvalue weighted by Crippen LogP contribution is -2.29. The number of halogens is 1. The standard InChI is InChI=1S/C23H20FN5O7S/c1-36-14-8-10(2-7-13(14)30)18(17-20(33)27-22(35)28-21(17)34)26-23-29-19(32)15(37-23)9-16(31)25-12-5-3-11(24)4-6-12/h2-8,15,18,30H,9H2,1H3,(H,25,31)(H,26,29,32)(H3,27,28,33,34,35)/t15-,18+/m1/s1. The number of carbonyl (C=O) groups is 2. The Bertz CT molecular complexity index is 1500. The van der Waals surface area contributed by atoms with Crippen LogP contribution in [0.4, 0.5) is 10.1 Å². The molecule has 0 radical (unpaired) electrons. The molecule has 2 aromatic carbocycles. The highest BCUT2D eigenvalue weighted by Gasteiger charge is 2.34. The first-order valence-corrected chi connectivity index (χ1v) is 11.6. The number of phenolic OH excluding ortho intramolecular Hbond substituents is 1. The van der Waals surface area contributed by atoms with Crippen LogP contribution in [0.5, 0.6) is 17.4 Å². The van der Waals surface area contributed by atoms with Gasteiger partial charge in [0.2, 0.25) is 17.7 Å². The molecule has 192 valence electrons. The van der Waals surface area contributed by atoms with Gasteiger partial charge in [0, 0.05) is 12.1 Å². The molecule has 4 rings (SSSR count). The predicted octanol–water partition coefficient (Wildman–Crippen LogP) is 1.33. The Labute approximate surface area is 211 Å². The molecule has 37 heavy (non-hydrogen) atoms. The summed E-state index contributed by atoms with van der Waals surface area (Å²) >= 11 is 0.928. The summed E-state index contributed by atoms with van der Waals surface area (Å²) in [5, 5.41) is 24.6. The average Bonchev–Trinajstić information content (AvgIpc) is 3.18. The lowest BCUT2D eigenvalue weighted by atomic mass is 10.0. The quantitative estimate of drug-likeness (QED) is 0.264. The molecule has 0 aliphatic carbocycles. The van der Waals surface area contributed by atoms with Crippen molar-refractivity contribution in [2.45, 2.75) is 17.7 Å². The first kappa shape index (κ1) is 25.5. The lowest BCUT2D eigenvalue weighted by molar-refractivity contribution is -0.122. The Kier molecular flexibility index (Phi) is 7.29. The number of aromatic hydroxyl groups is 2. The van der Waals surface area contributed by atoms with E-state index in [4.69, 9.17) is 4.74 Å². The number of amidine groups is 1. The number of thioether (sulfide) groups is 1. The molecule has 2 heterocycles. The highest BCUT2D eigenvalue weighted by molar-refractivity contribution is 8.15. The number of nitrogens with one attached hydrogen (secondary N) is 4. The lowest BCUT2D eigenvalue weighted by Gasteiger charge is -2.16. The number of rotatable bonds is 7. The third-order valence-corrected chi connectivity index (χ3v) is 6.37. The molecule has 12 nitrogen and oxygen atoms in total. The summed E-state index contributed by atoms with van der Waals surface area (Å²) in [6.45, 7) is 0. The van der Waals surface area contributed by atoms with Crippen LogP contribution < -0.4 is 26.6 Å². The Hall–Kier alpha value is -4.59. The SMILES string of the molecule is COc1cc([C@H](N=C2NC(=O)[C@@H](CC(=O)Nc3ccc(F)cc3)S2)c2c(O)[nH]c(=O)[nH]c2=O)ccc1O. The van der Waals surface area contributed by atoms with Crippen LogP contribution >= 0.6 is 11.8 Å². The van der Waals surface area contributed by atoms with Gasteiger partial charge in [0.1, 0.15) is 22.7 Å². The summed E-state index contributed by atoms with van der Waals surface area (Å²) in [7, 11) is 1.32. The number of anilines is 1. The Morgan fingerprint density at radius 2 is 1.89 bits per heavy atom. The van der Waals surface area contributed by atoms with E-state index in [1.54, 1.807) is 0 Å². The summed E-state index contributed by atoms with van der Waals surface area (Å²) in [5.74, 6) is -2.33. The summed E-state index contributed by atoms with van der Waals surface area (Å²) in [4.78, 5) is 57.6. The van der Waals surface area contributed by atoms with Crippen LogP contribution in [0.15, 0.2) is 57.0 Å². The second kappa shape index (κ2) is 10.6. The third kappa shape index (κ3) is 5.81. The molecule has 0 saturated carbocycles. The second-order valence-corrected chi connectivity index (χ2v) is 8.98. The van der Waals surface area contributed by atoms with Crippen molar-refractivity contribution in [1.82, 2.24) is 15.3 Å². The zero-order valence-electron chi connectivity index (χ0n) is 19.1. The van der Waals surface area contributed by atoms with E-state index in [1.807, 2.05) is 4.98 Å². The molecule has 1 aromatic heterocycles. The van der Waals surface area contributed by atoms with Crippen molar-refractivity contribution >= 4 is 34.4 Å². The number of aliphatic imine (C=N–C) groups is 1. The van der Waals surface area contributed by atoms with Crippen LogP contribution in [-0.2, 0) is 9.59 Å². The number of amides is 2. The number of hydrogen-bond donors (Lipinski definition) is 6.